The van der Waals surface area contributed by atoms with Crippen molar-refractivity contribution in [3.63, 3.8) is 0 Å². The fourth-order valence-corrected chi connectivity index (χ4v) is 9.51. The summed E-state index contributed by atoms with van der Waals surface area (Å²) in [5.74, 6) is 0.211. The van der Waals surface area contributed by atoms with E-state index in [2.05, 4.69) is 51.3 Å². The number of nitrogens with zero attached hydrogens (tertiary/aromatic N) is 4. The van der Waals surface area contributed by atoms with Crippen molar-refractivity contribution in [1.82, 2.24) is 19.4 Å². The number of carbonyl (C=O) groups excluding carboxylic acids is 1. The summed E-state index contributed by atoms with van der Waals surface area (Å²) in [4.78, 5) is 37.6. The van der Waals surface area contributed by atoms with E-state index in [1.807, 2.05) is 26.2 Å². The van der Waals surface area contributed by atoms with Gasteiger partial charge in [-0.05, 0) is 105 Å². The maximum Gasteiger partial charge on any atom is 0.413 e. The van der Waals surface area contributed by atoms with Crippen molar-refractivity contribution in [2.75, 3.05) is 51.0 Å². The van der Waals surface area contributed by atoms with Crippen LogP contribution in [-0.4, -0.2) is 179 Å². The fourth-order valence-electron chi connectivity index (χ4n) is 9.51. The first kappa shape index (κ1) is 57.6. The Morgan fingerprint density at radius 2 is 1.41 bits per heavy atom. The van der Waals surface area contributed by atoms with Crippen molar-refractivity contribution >= 4 is 45.5 Å². The number of benzene rings is 4. The van der Waals surface area contributed by atoms with E-state index in [9.17, 15) is 55.5 Å². The number of nitrogens with two attached hydrogens (primary N) is 1. The first-order valence-electron chi connectivity index (χ1n) is 25.9. The van der Waals surface area contributed by atoms with Crippen LogP contribution in [0, 0.1) is 0 Å². The number of fused-ring (bicyclic) bond motifs is 3. The molecule has 420 valence electrons. The number of pyridine rings is 1. The molecule has 2 aromatic heterocycles. The van der Waals surface area contributed by atoms with E-state index in [0.29, 0.717) is 77.8 Å². The van der Waals surface area contributed by atoms with Gasteiger partial charge in [0.2, 0.25) is 12.6 Å². The van der Waals surface area contributed by atoms with E-state index < -0.39 is 86.7 Å². The van der Waals surface area contributed by atoms with Crippen LogP contribution in [0.15, 0.2) is 84.9 Å². The van der Waals surface area contributed by atoms with Gasteiger partial charge < -0.3 is 90.2 Å². The average molecular weight is 1080 g/mol. The Balaban J connectivity index is 1.02. The summed E-state index contributed by atoms with van der Waals surface area (Å²) in [6, 6.07) is 24.7. The van der Waals surface area contributed by atoms with Crippen molar-refractivity contribution in [1.29, 1.82) is 0 Å². The highest BCUT2D eigenvalue weighted by molar-refractivity contribution is 6.10. The molecule has 0 aliphatic carbocycles. The van der Waals surface area contributed by atoms with Crippen LogP contribution < -0.4 is 25.8 Å². The van der Waals surface area contributed by atoms with Crippen LogP contribution in [-0.2, 0) is 40.2 Å². The zero-order valence-electron chi connectivity index (χ0n) is 43.5. The second-order valence-electron chi connectivity index (χ2n) is 19.7. The number of ether oxygens (including phenoxy) is 5. The van der Waals surface area contributed by atoms with Gasteiger partial charge in [0.25, 0.3) is 0 Å². The highest BCUT2D eigenvalue weighted by Crippen LogP contribution is 2.35. The lowest BCUT2D eigenvalue weighted by atomic mass is 9.96. The molecule has 23 heteroatoms. The van der Waals surface area contributed by atoms with Gasteiger partial charge in [-0.1, -0.05) is 55.8 Å². The third-order valence-electron chi connectivity index (χ3n) is 14.0. The molecule has 78 heavy (non-hydrogen) atoms. The number of likely N-dealkylation sites (N-methyl/N-ethyl adjacent to an activating group) is 1. The molecule has 2 fully saturated rings. The number of aromatic carboxylic acids is 1. The first-order valence-corrected chi connectivity index (χ1v) is 25.9. The van der Waals surface area contributed by atoms with Gasteiger partial charge in [0.1, 0.15) is 78.3 Å². The van der Waals surface area contributed by atoms with Gasteiger partial charge in [0.05, 0.1) is 35.5 Å². The van der Waals surface area contributed by atoms with Crippen LogP contribution >= 0.6 is 0 Å². The van der Waals surface area contributed by atoms with Crippen LogP contribution in [0.4, 0.5) is 16.3 Å². The third-order valence-corrected chi connectivity index (χ3v) is 14.0. The number of hydrogen-bond acceptors (Lipinski definition) is 20. The molecule has 4 heterocycles. The van der Waals surface area contributed by atoms with E-state index in [4.69, 9.17) is 39.4 Å². The summed E-state index contributed by atoms with van der Waals surface area (Å²) < 4.78 is 30.5. The Morgan fingerprint density at radius 1 is 0.769 bits per heavy atom. The normalized spacial score (nSPS) is 23.8. The Kier molecular flexibility index (Phi) is 19.1. The largest absolute Gasteiger partial charge is 0.478 e. The van der Waals surface area contributed by atoms with Gasteiger partial charge in [-0.25, -0.2) is 19.6 Å². The number of rotatable bonds is 23. The number of carboxylic acid groups (broad SMARTS) is 1. The molecule has 1 unspecified atom stereocenters. The minimum atomic E-state index is -1.61. The number of carbonyl (C=O) groups is 2. The number of imidazole rings is 1. The third kappa shape index (κ3) is 13.1. The standard InChI is InChI=1S/C55H69N7O16/c1-4-5-7-42-59-43-44(35-18-15-33(52(71)72)24-36(35)58-51(43)60-55(73)74-28-30-10-16-34(17-11-30)75-53-49(69)47(67)45(65)40(26-63)77-53)62(42)25-29-8-13-32(14-9-29)38(61(2)3)23-31-12-19-39(37(22-31)57-21-6-20-56)76-54-50(70)48(68)46(66)41(27-64)78-54/h8-19,22,24,38,40-41,45-50,53-54,57,63-70H,4-7,20-21,23,25-28,56H2,1-3H3,(H,71,72)(H,58,60,73)/t38?,40-,41-,45-,46-,47+,48+,49+,50+,53+,54+/m1/s1. The molecule has 2 aliphatic rings. The summed E-state index contributed by atoms with van der Waals surface area (Å²) in [7, 11) is 3.99. The predicted molar refractivity (Wildman–Crippen MR) is 284 cm³/mol. The quantitative estimate of drug-likeness (QED) is 0.0410. The molecule has 0 spiro atoms. The minimum Gasteiger partial charge on any atom is -0.478 e. The topological polar surface area (TPSA) is 346 Å². The molecule has 2 saturated heterocycles. The van der Waals surface area contributed by atoms with E-state index in [1.54, 1.807) is 24.3 Å². The van der Waals surface area contributed by atoms with Crippen LogP contribution in [0.5, 0.6) is 11.5 Å². The second kappa shape index (κ2) is 25.9. The van der Waals surface area contributed by atoms with E-state index in [1.165, 1.54) is 24.3 Å². The summed E-state index contributed by atoms with van der Waals surface area (Å²) in [5, 5.41) is 97.9. The lowest BCUT2D eigenvalue weighted by Crippen LogP contribution is -2.60. The van der Waals surface area contributed by atoms with Crippen LogP contribution in [0.2, 0.25) is 0 Å². The van der Waals surface area contributed by atoms with Crippen LogP contribution in [0.3, 0.4) is 0 Å². The fraction of sp³-hybridized carbons (Fsp3) is 0.455. The van der Waals surface area contributed by atoms with Gasteiger partial charge in [0, 0.05) is 30.9 Å². The van der Waals surface area contributed by atoms with Gasteiger partial charge in [0.15, 0.2) is 5.82 Å². The Hall–Kier alpha value is -6.58. The van der Waals surface area contributed by atoms with Gasteiger partial charge >= 0.3 is 12.1 Å². The molecule has 0 radical (unpaired) electrons. The maximum atomic E-state index is 13.5. The molecular weight excluding hydrogens is 1010 g/mol. The molecule has 1 amide bonds. The van der Waals surface area contributed by atoms with Crippen molar-refractivity contribution in [3.8, 4) is 11.5 Å². The summed E-state index contributed by atoms with van der Waals surface area (Å²) in [5.41, 5.74) is 11.2. The molecule has 0 bridgehead atoms. The number of anilines is 2. The SMILES string of the molecule is CCCCc1nc2c(NC(=O)OCc3ccc(O[C@H]4O[C@H](CO)[C@@H](O)[C@H](O)[C@@H]4O)cc3)nc3cc(C(=O)O)ccc3c2n1Cc1ccc(C(Cc2ccc(O[C@H]3O[C@H](CO)[C@@H](O)[C@H](O)[C@@H]3O)c(NCCCN)c2)N(C)C)cc1. The number of aliphatic hydroxyl groups excluding tert-OH is 8. The van der Waals surface area contributed by atoms with Crippen molar-refractivity contribution in [2.24, 2.45) is 5.73 Å². The predicted octanol–water partition coefficient (Wildman–Crippen LogP) is 2.39. The van der Waals surface area contributed by atoms with E-state index in [-0.39, 0.29) is 29.8 Å². The number of carboxylic acids is 1. The summed E-state index contributed by atoms with van der Waals surface area (Å²) >= 11 is 0. The molecule has 0 saturated carbocycles. The van der Waals surface area contributed by atoms with Gasteiger partial charge in [-0.3, -0.25) is 5.32 Å². The van der Waals surface area contributed by atoms with E-state index >= 15 is 0 Å². The Morgan fingerprint density at radius 3 is 2.03 bits per heavy atom. The number of nitrogens with one attached hydrogen (secondary N) is 2. The lowest BCUT2D eigenvalue weighted by molar-refractivity contribution is -0.277. The van der Waals surface area contributed by atoms with Gasteiger partial charge in [-0.15, -0.1) is 0 Å². The molecule has 8 rings (SSSR count). The number of aromatic nitrogens is 3. The number of aliphatic hydroxyl groups is 8. The van der Waals surface area contributed by atoms with Gasteiger partial charge in [-0.2, -0.15) is 0 Å². The monoisotopic (exact) mass is 1080 g/mol. The number of amides is 1. The molecular formula is C55H69N7O16. The van der Waals surface area contributed by atoms with Crippen molar-refractivity contribution < 1.29 is 79.2 Å². The second-order valence-corrected chi connectivity index (χ2v) is 19.7. The zero-order chi connectivity index (χ0) is 55.8. The molecule has 23 nitrogen and oxygen atoms in total. The number of aryl methyl sites for hydroxylation is 1. The van der Waals surface area contributed by atoms with Crippen LogP contribution in [0.25, 0.3) is 21.9 Å². The highest BCUT2D eigenvalue weighted by Gasteiger charge is 2.46. The number of hydrogen-bond donors (Lipinski definition) is 12. The smallest absolute Gasteiger partial charge is 0.413 e. The molecule has 2 aliphatic heterocycles. The molecule has 6 aromatic rings. The molecule has 4 aromatic carbocycles. The number of unbranched alkanes of at least 4 members (excludes halogenated alkanes) is 1. The molecule has 13 N–H and O–H groups in total. The van der Waals surface area contributed by atoms with Crippen molar-refractivity contribution in [3.05, 3.63) is 119 Å². The summed E-state index contributed by atoms with van der Waals surface area (Å²) in [6.07, 6.45) is -11.8. The highest BCUT2D eigenvalue weighted by atomic mass is 16.7. The lowest BCUT2D eigenvalue weighted by Gasteiger charge is -2.39. The Labute approximate surface area is 449 Å². The zero-order valence-corrected chi connectivity index (χ0v) is 43.5. The van der Waals surface area contributed by atoms with Crippen LogP contribution in [0.1, 0.15) is 70.7 Å². The average Bonchev–Trinajstić information content (AvgIpc) is 3.93. The Bertz CT molecular complexity index is 2980. The molecule has 11 atom stereocenters. The van der Waals surface area contributed by atoms with E-state index in [0.717, 1.165) is 35.4 Å². The maximum absolute atomic E-state index is 13.5. The first-order chi connectivity index (χ1) is 37.5. The van der Waals surface area contributed by atoms with Crippen molar-refractivity contribution in [2.45, 2.75) is 120 Å². The summed E-state index contributed by atoms with van der Waals surface area (Å²) in [6.45, 7) is 2.03. The minimum absolute atomic E-state index is 0.00147.